The van der Waals surface area contributed by atoms with Crippen LogP contribution in [0.15, 0.2) is 24.3 Å². The van der Waals surface area contributed by atoms with E-state index in [-0.39, 0.29) is 0 Å². The van der Waals surface area contributed by atoms with Gasteiger partial charge in [0.1, 0.15) is 0 Å². The first kappa shape index (κ1) is 11.2. The summed E-state index contributed by atoms with van der Waals surface area (Å²) in [5, 5.41) is 9.67. The Bertz CT molecular complexity index is 266. The summed E-state index contributed by atoms with van der Waals surface area (Å²) in [7, 11) is 0. The molecule has 0 saturated heterocycles. The number of hydrogen-bond donors (Lipinski definition) is 2. The van der Waals surface area contributed by atoms with Crippen LogP contribution < -0.4 is 5.73 Å². The zero-order chi connectivity index (χ0) is 10.6. The van der Waals surface area contributed by atoms with E-state index in [0.29, 0.717) is 18.9 Å². The van der Waals surface area contributed by atoms with Gasteiger partial charge in [-0.1, -0.05) is 38.1 Å². The lowest BCUT2D eigenvalue weighted by molar-refractivity contribution is 0.170. The van der Waals surface area contributed by atoms with Crippen LogP contribution in [-0.2, 0) is 0 Å². The maximum Gasteiger partial charge on any atom is 0.0802 e. The zero-order valence-electron chi connectivity index (χ0n) is 8.90. The minimum absolute atomic E-state index is 0.416. The SMILES string of the molecule is CC(C)c1ccc([C@@H](O)CCN)cc1. The molecule has 0 amide bonds. The summed E-state index contributed by atoms with van der Waals surface area (Å²) in [6.45, 7) is 4.84. The quantitative estimate of drug-likeness (QED) is 0.770. The van der Waals surface area contributed by atoms with Crippen LogP contribution in [0.5, 0.6) is 0 Å². The molecule has 1 aromatic carbocycles. The average Bonchev–Trinajstić information content (AvgIpc) is 2.18. The summed E-state index contributed by atoms with van der Waals surface area (Å²) in [5.41, 5.74) is 7.64. The van der Waals surface area contributed by atoms with Gasteiger partial charge in [-0.15, -0.1) is 0 Å². The van der Waals surface area contributed by atoms with Gasteiger partial charge in [-0.2, -0.15) is 0 Å². The van der Waals surface area contributed by atoms with Gasteiger partial charge < -0.3 is 10.8 Å². The average molecular weight is 193 g/mol. The first-order valence-electron chi connectivity index (χ1n) is 5.13. The first-order chi connectivity index (χ1) is 6.65. The van der Waals surface area contributed by atoms with Crippen LogP contribution in [-0.4, -0.2) is 11.7 Å². The Morgan fingerprint density at radius 3 is 2.07 bits per heavy atom. The van der Waals surface area contributed by atoms with Crippen molar-refractivity contribution in [3.05, 3.63) is 35.4 Å². The predicted molar refractivity (Wildman–Crippen MR) is 59.2 cm³/mol. The number of aliphatic hydroxyl groups excluding tert-OH is 1. The predicted octanol–water partition coefficient (Wildman–Crippen LogP) is 2.19. The molecule has 78 valence electrons. The maximum absolute atomic E-state index is 9.67. The third-order valence-corrected chi connectivity index (χ3v) is 2.43. The summed E-state index contributed by atoms with van der Waals surface area (Å²) < 4.78 is 0. The number of nitrogens with two attached hydrogens (primary N) is 1. The molecule has 14 heavy (non-hydrogen) atoms. The highest BCUT2D eigenvalue weighted by molar-refractivity contribution is 5.26. The lowest BCUT2D eigenvalue weighted by atomic mass is 9.99. The van der Waals surface area contributed by atoms with Crippen molar-refractivity contribution in [1.29, 1.82) is 0 Å². The maximum atomic E-state index is 9.67. The molecule has 0 bridgehead atoms. The molecule has 0 aliphatic rings. The molecule has 1 aromatic rings. The number of benzene rings is 1. The molecule has 0 aliphatic carbocycles. The molecule has 0 saturated carbocycles. The first-order valence-corrected chi connectivity index (χ1v) is 5.13. The molecule has 1 rings (SSSR count). The Kier molecular flexibility index (Phi) is 4.11. The van der Waals surface area contributed by atoms with E-state index in [1.807, 2.05) is 12.1 Å². The standard InChI is InChI=1S/C12H19NO/c1-9(2)10-3-5-11(6-4-10)12(14)7-8-13/h3-6,9,12,14H,7-8,13H2,1-2H3/t12-/m0/s1. The number of hydrogen-bond acceptors (Lipinski definition) is 2. The van der Waals surface area contributed by atoms with Crippen molar-refractivity contribution < 1.29 is 5.11 Å². The van der Waals surface area contributed by atoms with Gasteiger partial charge in [-0.3, -0.25) is 0 Å². The fraction of sp³-hybridized carbons (Fsp3) is 0.500. The Balaban J connectivity index is 2.72. The van der Waals surface area contributed by atoms with Crippen LogP contribution in [0, 0.1) is 0 Å². The van der Waals surface area contributed by atoms with Crippen molar-refractivity contribution in [2.75, 3.05) is 6.54 Å². The zero-order valence-corrected chi connectivity index (χ0v) is 8.90. The second-order valence-corrected chi connectivity index (χ2v) is 3.91. The van der Waals surface area contributed by atoms with Crippen LogP contribution in [0.25, 0.3) is 0 Å². The Hall–Kier alpha value is -0.860. The summed E-state index contributed by atoms with van der Waals surface area (Å²) in [6, 6.07) is 8.10. The van der Waals surface area contributed by atoms with Crippen LogP contribution >= 0.6 is 0 Å². The smallest absolute Gasteiger partial charge is 0.0802 e. The van der Waals surface area contributed by atoms with Crippen molar-refractivity contribution in [2.45, 2.75) is 32.3 Å². The van der Waals surface area contributed by atoms with E-state index in [4.69, 9.17) is 5.73 Å². The van der Waals surface area contributed by atoms with Gasteiger partial charge in [0.25, 0.3) is 0 Å². The Morgan fingerprint density at radius 1 is 1.14 bits per heavy atom. The van der Waals surface area contributed by atoms with Crippen molar-refractivity contribution >= 4 is 0 Å². The van der Waals surface area contributed by atoms with Gasteiger partial charge in [0.2, 0.25) is 0 Å². The molecule has 0 aromatic heterocycles. The van der Waals surface area contributed by atoms with E-state index in [1.54, 1.807) is 0 Å². The van der Waals surface area contributed by atoms with E-state index < -0.39 is 6.10 Å². The highest BCUT2D eigenvalue weighted by atomic mass is 16.3. The molecule has 2 nitrogen and oxygen atoms in total. The monoisotopic (exact) mass is 193 g/mol. The van der Waals surface area contributed by atoms with E-state index in [9.17, 15) is 5.11 Å². The van der Waals surface area contributed by atoms with Crippen LogP contribution in [0.1, 0.15) is 43.4 Å². The Labute approximate surface area is 85.8 Å². The molecular formula is C12H19NO. The van der Waals surface area contributed by atoms with Crippen molar-refractivity contribution in [2.24, 2.45) is 5.73 Å². The van der Waals surface area contributed by atoms with E-state index >= 15 is 0 Å². The molecule has 0 radical (unpaired) electrons. The van der Waals surface area contributed by atoms with Gasteiger partial charge >= 0.3 is 0 Å². The molecular weight excluding hydrogens is 174 g/mol. The lowest BCUT2D eigenvalue weighted by Crippen LogP contribution is -2.06. The molecule has 0 unspecified atom stereocenters. The van der Waals surface area contributed by atoms with E-state index in [0.717, 1.165) is 5.56 Å². The van der Waals surface area contributed by atoms with Gasteiger partial charge in [0.15, 0.2) is 0 Å². The number of aliphatic hydroxyl groups is 1. The summed E-state index contributed by atoms with van der Waals surface area (Å²) in [4.78, 5) is 0. The number of rotatable bonds is 4. The second-order valence-electron chi connectivity index (χ2n) is 3.91. The fourth-order valence-electron chi connectivity index (χ4n) is 1.43. The van der Waals surface area contributed by atoms with Gasteiger partial charge in [-0.25, -0.2) is 0 Å². The fourth-order valence-corrected chi connectivity index (χ4v) is 1.43. The van der Waals surface area contributed by atoms with Crippen molar-refractivity contribution in [1.82, 2.24) is 0 Å². The molecule has 1 atom stereocenters. The Morgan fingerprint density at radius 2 is 1.64 bits per heavy atom. The van der Waals surface area contributed by atoms with Crippen LogP contribution in [0.4, 0.5) is 0 Å². The van der Waals surface area contributed by atoms with Crippen molar-refractivity contribution in [3.8, 4) is 0 Å². The highest BCUT2D eigenvalue weighted by Crippen LogP contribution is 2.19. The third-order valence-electron chi connectivity index (χ3n) is 2.43. The van der Waals surface area contributed by atoms with Crippen LogP contribution in [0.3, 0.4) is 0 Å². The lowest BCUT2D eigenvalue weighted by Gasteiger charge is -2.11. The molecule has 2 heteroatoms. The molecule has 0 spiro atoms. The summed E-state index contributed by atoms with van der Waals surface area (Å²) in [5.74, 6) is 0.538. The highest BCUT2D eigenvalue weighted by Gasteiger charge is 2.06. The van der Waals surface area contributed by atoms with Crippen molar-refractivity contribution in [3.63, 3.8) is 0 Å². The molecule has 0 fully saturated rings. The van der Waals surface area contributed by atoms with Gasteiger partial charge in [-0.05, 0) is 30.0 Å². The molecule has 3 N–H and O–H groups in total. The van der Waals surface area contributed by atoms with Crippen LogP contribution in [0.2, 0.25) is 0 Å². The summed E-state index contributed by atoms with van der Waals surface area (Å²) >= 11 is 0. The topological polar surface area (TPSA) is 46.2 Å². The minimum Gasteiger partial charge on any atom is -0.388 e. The largest absolute Gasteiger partial charge is 0.388 e. The van der Waals surface area contributed by atoms with Gasteiger partial charge in [0.05, 0.1) is 6.10 Å². The molecule has 0 aliphatic heterocycles. The summed E-state index contributed by atoms with van der Waals surface area (Å²) in [6.07, 6.45) is 0.210. The normalized spacial score (nSPS) is 13.2. The second kappa shape index (κ2) is 5.13. The van der Waals surface area contributed by atoms with Gasteiger partial charge in [0, 0.05) is 0 Å². The third kappa shape index (κ3) is 2.82. The molecule has 0 heterocycles. The minimum atomic E-state index is -0.416. The van der Waals surface area contributed by atoms with E-state index in [1.165, 1.54) is 5.56 Å². The van der Waals surface area contributed by atoms with E-state index in [2.05, 4.69) is 26.0 Å².